The zero-order chi connectivity index (χ0) is 9.68. The quantitative estimate of drug-likeness (QED) is 0.589. The Balaban J connectivity index is 0.00000169. The molecule has 1 aromatic rings. The zero-order valence-corrected chi connectivity index (χ0v) is 10.4. The summed E-state index contributed by atoms with van der Waals surface area (Å²) in [5, 5.41) is 2.61. The van der Waals surface area contributed by atoms with Crippen LogP contribution >= 0.6 is 0 Å². The van der Waals surface area contributed by atoms with Crippen LogP contribution in [0.5, 0.6) is 0 Å². The molecule has 0 aliphatic rings. The van der Waals surface area contributed by atoms with Crippen molar-refractivity contribution in [1.82, 2.24) is 0 Å². The molecule has 0 saturated carbocycles. The van der Waals surface area contributed by atoms with Crippen LogP contribution in [0.2, 0.25) is 0 Å². The number of Topliss-reactive ketones (excluding diaryl/α,β-unsaturated/α-hetero) is 1. The fraction of sp³-hybridized carbons (Fsp3) is 0.200. The Hall–Kier alpha value is -0.640. The second kappa shape index (κ2) is 6.76. The van der Waals surface area contributed by atoms with Gasteiger partial charge in [0.15, 0.2) is 0 Å². The van der Waals surface area contributed by atoms with Crippen LogP contribution in [0.15, 0.2) is 30.3 Å². The predicted molar refractivity (Wildman–Crippen MR) is 56.1 cm³/mol. The first-order valence-electron chi connectivity index (χ1n) is 4.03. The van der Waals surface area contributed by atoms with Crippen LogP contribution < -0.4 is 5.32 Å². The molecule has 0 fully saturated rings. The van der Waals surface area contributed by atoms with Crippen molar-refractivity contribution in [3.05, 3.63) is 30.3 Å². The molecule has 0 bridgehead atoms. The maximum atomic E-state index is 11.1. The maximum Gasteiger partial charge on any atom is 0.231 e. The van der Waals surface area contributed by atoms with Crippen LogP contribution in [0.25, 0.3) is 0 Å². The van der Waals surface area contributed by atoms with E-state index in [1.165, 1.54) is 6.92 Å². The van der Waals surface area contributed by atoms with Crippen LogP contribution in [0.1, 0.15) is 13.3 Å². The molecule has 0 atom stereocenters. The molecule has 0 aromatic heterocycles. The molecule has 0 heterocycles. The first kappa shape index (κ1) is 13.4. The molecule has 1 amide bonds. The Morgan fingerprint density at radius 2 is 1.79 bits per heavy atom. The monoisotopic (exact) mass is 200 g/mol. The van der Waals surface area contributed by atoms with Gasteiger partial charge in [-0.05, 0) is 19.1 Å². The summed E-state index contributed by atoms with van der Waals surface area (Å²) in [6.07, 6.45) is -0.0606. The first-order valence-corrected chi connectivity index (χ1v) is 4.03. The number of anilines is 1. The molecule has 4 heteroatoms. The molecule has 69 valence electrons. The Morgan fingerprint density at radius 3 is 2.29 bits per heavy atom. The van der Waals surface area contributed by atoms with Crippen molar-refractivity contribution in [3.8, 4) is 0 Å². The van der Waals surface area contributed by atoms with Crippen LogP contribution in [-0.4, -0.2) is 41.2 Å². The van der Waals surface area contributed by atoms with Crippen LogP contribution in [0, 0.1) is 0 Å². The van der Waals surface area contributed by atoms with Gasteiger partial charge in [-0.25, -0.2) is 0 Å². The van der Waals surface area contributed by atoms with E-state index >= 15 is 0 Å². The van der Waals surface area contributed by atoms with Gasteiger partial charge in [0.05, 0.1) is 6.42 Å². The number of hydrogen-bond donors (Lipinski definition) is 1. The van der Waals surface area contributed by atoms with E-state index in [0.717, 1.165) is 0 Å². The largest absolute Gasteiger partial charge is 0.326 e. The van der Waals surface area contributed by atoms with Crippen LogP contribution in [-0.2, 0) is 9.59 Å². The van der Waals surface area contributed by atoms with Gasteiger partial charge in [0.1, 0.15) is 5.78 Å². The van der Waals surface area contributed by atoms with E-state index in [0.29, 0.717) is 5.69 Å². The minimum absolute atomic E-state index is 0. The number of nitrogens with one attached hydrogen (secondary N) is 1. The molecular formula is C10H11NNaO2. The normalized spacial score (nSPS) is 8.64. The molecule has 1 N–H and O–H groups in total. The van der Waals surface area contributed by atoms with E-state index in [-0.39, 0.29) is 47.7 Å². The van der Waals surface area contributed by atoms with Crippen molar-refractivity contribution in [3.63, 3.8) is 0 Å². The van der Waals surface area contributed by atoms with Crippen molar-refractivity contribution in [2.75, 3.05) is 5.32 Å². The molecule has 14 heavy (non-hydrogen) atoms. The van der Waals surface area contributed by atoms with E-state index in [4.69, 9.17) is 0 Å². The average molecular weight is 200 g/mol. The van der Waals surface area contributed by atoms with E-state index in [2.05, 4.69) is 5.32 Å². The Kier molecular flexibility index (Phi) is 6.45. The van der Waals surface area contributed by atoms with Crippen molar-refractivity contribution in [1.29, 1.82) is 0 Å². The zero-order valence-electron chi connectivity index (χ0n) is 8.41. The molecule has 1 radical (unpaired) electrons. The van der Waals surface area contributed by atoms with Crippen molar-refractivity contribution >= 4 is 46.9 Å². The number of para-hydroxylation sites is 1. The van der Waals surface area contributed by atoms with Gasteiger partial charge >= 0.3 is 0 Å². The van der Waals surface area contributed by atoms with E-state index in [1.54, 1.807) is 12.1 Å². The van der Waals surface area contributed by atoms with E-state index in [9.17, 15) is 9.59 Å². The number of amides is 1. The van der Waals surface area contributed by atoms with Gasteiger partial charge in [-0.1, -0.05) is 18.2 Å². The van der Waals surface area contributed by atoms with Gasteiger partial charge in [-0.15, -0.1) is 0 Å². The van der Waals surface area contributed by atoms with Crippen molar-refractivity contribution in [2.45, 2.75) is 13.3 Å². The fourth-order valence-electron chi connectivity index (χ4n) is 0.953. The molecule has 3 nitrogen and oxygen atoms in total. The van der Waals surface area contributed by atoms with E-state index in [1.807, 2.05) is 18.2 Å². The first-order chi connectivity index (χ1) is 6.18. The molecular weight excluding hydrogens is 189 g/mol. The third-order valence-electron chi connectivity index (χ3n) is 1.47. The summed E-state index contributed by atoms with van der Waals surface area (Å²) in [5.41, 5.74) is 0.716. The van der Waals surface area contributed by atoms with Crippen molar-refractivity contribution in [2.24, 2.45) is 0 Å². The second-order valence-corrected chi connectivity index (χ2v) is 2.79. The third kappa shape index (κ3) is 5.17. The average Bonchev–Trinajstić information content (AvgIpc) is 2.04. The SMILES string of the molecule is CC(=O)CC(=O)Nc1ccccc1.[Na]. The third-order valence-corrected chi connectivity index (χ3v) is 1.47. The second-order valence-electron chi connectivity index (χ2n) is 2.79. The standard InChI is InChI=1S/C10H11NO2.Na/c1-8(12)7-10(13)11-9-5-3-2-4-6-9;/h2-6H,7H2,1H3,(H,11,13);. The molecule has 0 aliphatic heterocycles. The summed E-state index contributed by atoms with van der Waals surface area (Å²) < 4.78 is 0. The maximum absolute atomic E-state index is 11.1. The topological polar surface area (TPSA) is 46.2 Å². The minimum Gasteiger partial charge on any atom is -0.326 e. The number of ketones is 1. The van der Waals surface area contributed by atoms with Gasteiger partial charge in [0, 0.05) is 35.2 Å². The van der Waals surface area contributed by atoms with Crippen LogP contribution in [0.3, 0.4) is 0 Å². The number of rotatable bonds is 3. The predicted octanol–water partition coefficient (Wildman–Crippen LogP) is 1.22. The summed E-state index contributed by atoms with van der Waals surface area (Å²) in [7, 11) is 0. The molecule has 0 saturated heterocycles. The number of carbonyl (C=O) groups is 2. The van der Waals surface area contributed by atoms with Gasteiger partial charge in [0.25, 0.3) is 0 Å². The molecule has 0 spiro atoms. The van der Waals surface area contributed by atoms with Crippen LogP contribution in [0.4, 0.5) is 5.69 Å². The summed E-state index contributed by atoms with van der Waals surface area (Å²) in [6, 6.07) is 9.06. The van der Waals surface area contributed by atoms with E-state index < -0.39 is 0 Å². The molecule has 0 unspecified atom stereocenters. The van der Waals surface area contributed by atoms with Gasteiger partial charge in [-0.2, -0.15) is 0 Å². The Labute approximate surface area is 105 Å². The molecule has 0 aliphatic carbocycles. The smallest absolute Gasteiger partial charge is 0.231 e. The number of hydrogen-bond acceptors (Lipinski definition) is 2. The minimum atomic E-state index is -0.265. The summed E-state index contributed by atoms with van der Waals surface area (Å²) in [4.78, 5) is 21.7. The summed E-state index contributed by atoms with van der Waals surface area (Å²) in [5.74, 6) is -0.396. The fourth-order valence-corrected chi connectivity index (χ4v) is 0.953. The summed E-state index contributed by atoms with van der Waals surface area (Å²) >= 11 is 0. The number of benzene rings is 1. The van der Waals surface area contributed by atoms with Gasteiger partial charge in [-0.3, -0.25) is 9.59 Å². The Morgan fingerprint density at radius 1 is 1.21 bits per heavy atom. The molecule has 1 aromatic carbocycles. The Bertz CT molecular complexity index is 311. The van der Waals surface area contributed by atoms with Gasteiger partial charge in [0.2, 0.25) is 5.91 Å². The summed E-state index contributed by atoms with van der Waals surface area (Å²) in [6.45, 7) is 1.39. The van der Waals surface area contributed by atoms with Crippen molar-refractivity contribution < 1.29 is 9.59 Å². The number of carbonyl (C=O) groups excluding carboxylic acids is 2. The molecule has 1 rings (SSSR count). The van der Waals surface area contributed by atoms with Gasteiger partial charge < -0.3 is 5.32 Å².